The molecule has 1 fully saturated rings. The predicted octanol–water partition coefficient (Wildman–Crippen LogP) is 2.65. The molecule has 1 aromatic carbocycles. The van der Waals surface area contributed by atoms with Crippen LogP contribution in [-0.2, 0) is 0 Å². The molecule has 21 heavy (non-hydrogen) atoms. The number of rotatable bonds is 6. The van der Waals surface area contributed by atoms with Gasteiger partial charge in [-0.15, -0.1) is 0 Å². The molecule has 1 saturated heterocycles. The molecule has 0 aromatic heterocycles. The van der Waals surface area contributed by atoms with Gasteiger partial charge < -0.3 is 10.6 Å². The zero-order valence-corrected chi connectivity index (χ0v) is 12.7. The zero-order chi connectivity index (χ0) is 15.2. The minimum absolute atomic E-state index is 0.0697. The summed E-state index contributed by atoms with van der Waals surface area (Å²) in [6, 6.07) is 4.56. The van der Waals surface area contributed by atoms with Gasteiger partial charge >= 0.3 is 0 Å². The number of carbonyl (C=O) groups excluding carboxylic acids is 1. The van der Waals surface area contributed by atoms with Crippen molar-refractivity contribution in [2.45, 2.75) is 25.0 Å². The maximum absolute atomic E-state index is 12.3. The molecule has 0 saturated carbocycles. The number of thioether (sulfide) groups is 1. The third kappa shape index (κ3) is 3.87. The summed E-state index contributed by atoms with van der Waals surface area (Å²) in [5, 5.41) is 17.3. The van der Waals surface area contributed by atoms with Crippen molar-refractivity contribution in [3.05, 3.63) is 33.9 Å². The first-order valence-corrected chi connectivity index (χ1v) is 8.09. The highest BCUT2D eigenvalue weighted by Crippen LogP contribution is 2.29. The van der Waals surface area contributed by atoms with E-state index in [0.29, 0.717) is 29.6 Å². The fraction of sp³-hybridized carbons (Fsp3) is 0.500. The number of benzene rings is 1. The number of nitro groups is 1. The monoisotopic (exact) mass is 309 g/mol. The van der Waals surface area contributed by atoms with Crippen molar-refractivity contribution in [1.82, 2.24) is 5.32 Å². The molecule has 1 aliphatic rings. The average Bonchev–Trinajstić information content (AvgIpc) is 2.98. The lowest BCUT2D eigenvalue weighted by Gasteiger charge is -2.13. The van der Waals surface area contributed by atoms with Crippen LogP contribution in [0.15, 0.2) is 18.2 Å². The first kappa shape index (κ1) is 15.6. The number of anilines is 1. The van der Waals surface area contributed by atoms with Gasteiger partial charge in [0.2, 0.25) is 0 Å². The van der Waals surface area contributed by atoms with Gasteiger partial charge in [0.05, 0.1) is 10.5 Å². The van der Waals surface area contributed by atoms with E-state index >= 15 is 0 Å². The highest BCUT2D eigenvalue weighted by atomic mass is 32.2. The van der Waals surface area contributed by atoms with E-state index in [1.54, 1.807) is 6.07 Å². The van der Waals surface area contributed by atoms with E-state index in [2.05, 4.69) is 10.6 Å². The first-order chi connectivity index (χ1) is 10.1. The Morgan fingerprint density at radius 2 is 2.33 bits per heavy atom. The Labute approximate surface area is 127 Å². The summed E-state index contributed by atoms with van der Waals surface area (Å²) in [6.45, 7) is 2.97. The summed E-state index contributed by atoms with van der Waals surface area (Å²) >= 11 is 1.86. The fourth-order valence-electron chi connectivity index (χ4n) is 2.35. The summed E-state index contributed by atoms with van der Waals surface area (Å²) in [5.41, 5.74) is 0.551. The van der Waals surface area contributed by atoms with Gasteiger partial charge in [-0.3, -0.25) is 14.9 Å². The summed E-state index contributed by atoms with van der Waals surface area (Å²) < 4.78 is 0. The molecule has 1 aromatic rings. The average molecular weight is 309 g/mol. The van der Waals surface area contributed by atoms with Gasteiger partial charge in [0.15, 0.2) is 0 Å². The number of nitrogens with one attached hydrogen (secondary N) is 2. The molecule has 0 bridgehead atoms. The highest BCUT2D eigenvalue weighted by molar-refractivity contribution is 8.00. The van der Waals surface area contributed by atoms with E-state index in [1.165, 1.54) is 18.6 Å². The molecule has 1 amide bonds. The molecule has 1 atom stereocenters. The second kappa shape index (κ2) is 7.31. The summed E-state index contributed by atoms with van der Waals surface area (Å²) in [4.78, 5) is 22.9. The number of hydrogen-bond donors (Lipinski definition) is 2. The first-order valence-electron chi connectivity index (χ1n) is 7.04. The van der Waals surface area contributed by atoms with Crippen molar-refractivity contribution >= 4 is 29.0 Å². The third-order valence-electron chi connectivity index (χ3n) is 3.35. The van der Waals surface area contributed by atoms with Crippen molar-refractivity contribution < 1.29 is 9.72 Å². The molecule has 6 nitrogen and oxygen atoms in total. The minimum atomic E-state index is -0.471. The summed E-state index contributed by atoms with van der Waals surface area (Å²) in [5.74, 6) is 0.877. The molecule has 0 radical (unpaired) electrons. The Hall–Kier alpha value is -1.76. The molecule has 0 aliphatic carbocycles. The van der Waals surface area contributed by atoms with Gasteiger partial charge in [-0.25, -0.2) is 0 Å². The van der Waals surface area contributed by atoms with Crippen molar-refractivity contribution in [1.29, 1.82) is 0 Å². The molecule has 7 heteroatoms. The van der Waals surface area contributed by atoms with Crippen molar-refractivity contribution in [2.24, 2.45) is 0 Å². The van der Waals surface area contributed by atoms with Gasteiger partial charge in [-0.05, 0) is 31.6 Å². The number of carbonyl (C=O) groups is 1. The second-order valence-electron chi connectivity index (χ2n) is 4.83. The highest BCUT2D eigenvalue weighted by Gasteiger charge is 2.22. The Balaban J connectivity index is 2.14. The van der Waals surface area contributed by atoms with Crippen LogP contribution in [0.2, 0.25) is 0 Å². The lowest BCUT2D eigenvalue weighted by atomic mass is 10.1. The third-order valence-corrected chi connectivity index (χ3v) is 4.75. The minimum Gasteiger partial charge on any atom is -0.379 e. The van der Waals surface area contributed by atoms with Crippen LogP contribution in [0.4, 0.5) is 11.4 Å². The van der Waals surface area contributed by atoms with Crippen LogP contribution in [0.25, 0.3) is 0 Å². The standard InChI is InChI=1S/C14H19N3O3S/c1-2-15-13-11(6-3-7-12(13)17(19)20)14(18)16-9-10-5-4-8-21-10/h3,6-7,10,15H,2,4-5,8-9H2,1H3,(H,16,18). The van der Waals surface area contributed by atoms with Gasteiger partial charge in [0, 0.05) is 24.4 Å². The Bertz CT molecular complexity index is 530. The van der Waals surface area contributed by atoms with E-state index in [4.69, 9.17) is 0 Å². The Kier molecular flexibility index (Phi) is 5.44. The maximum atomic E-state index is 12.3. The van der Waals surface area contributed by atoms with E-state index in [1.807, 2.05) is 18.7 Å². The lowest BCUT2D eigenvalue weighted by Crippen LogP contribution is -2.30. The van der Waals surface area contributed by atoms with Crippen molar-refractivity contribution in [2.75, 3.05) is 24.2 Å². The van der Waals surface area contributed by atoms with Crippen LogP contribution in [0.3, 0.4) is 0 Å². The largest absolute Gasteiger partial charge is 0.379 e. The van der Waals surface area contributed by atoms with Crippen molar-refractivity contribution in [3.63, 3.8) is 0 Å². The molecule has 1 heterocycles. The SMILES string of the molecule is CCNc1c(C(=O)NCC2CCCS2)cccc1[N+](=O)[O-]. The molecule has 2 rings (SSSR count). The molecule has 114 valence electrons. The molecule has 1 unspecified atom stereocenters. The van der Waals surface area contributed by atoms with Crippen LogP contribution in [0, 0.1) is 10.1 Å². The predicted molar refractivity (Wildman–Crippen MR) is 85.1 cm³/mol. The quantitative estimate of drug-likeness (QED) is 0.623. The maximum Gasteiger partial charge on any atom is 0.293 e. The molecule has 2 N–H and O–H groups in total. The number of amides is 1. The van der Waals surface area contributed by atoms with E-state index in [9.17, 15) is 14.9 Å². The number of hydrogen-bond acceptors (Lipinski definition) is 5. The zero-order valence-electron chi connectivity index (χ0n) is 11.9. The van der Waals surface area contributed by atoms with Crippen LogP contribution in [0.1, 0.15) is 30.1 Å². The van der Waals surface area contributed by atoms with E-state index < -0.39 is 4.92 Å². The molecular formula is C14H19N3O3S. The van der Waals surface area contributed by atoms with Crippen LogP contribution >= 0.6 is 11.8 Å². The van der Waals surface area contributed by atoms with Gasteiger partial charge in [0.1, 0.15) is 5.69 Å². The van der Waals surface area contributed by atoms with Crippen molar-refractivity contribution in [3.8, 4) is 0 Å². The Morgan fingerprint density at radius 3 is 2.95 bits per heavy atom. The summed E-state index contributed by atoms with van der Waals surface area (Å²) in [6.07, 6.45) is 2.30. The van der Waals surface area contributed by atoms with Gasteiger partial charge in [-0.2, -0.15) is 11.8 Å². The molecule has 0 spiro atoms. The number of para-hydroxylation sites is 1. The van der Waals surface area contributed by atoms with E-state index in [-0.39, 0.29) is 11.6 Å². The van der Waals surface area contributed by atoms with Crippen LogP contribution in [0.5, 0.6) is 0 Å². The lowest BCUT2D eigenvalue weighted by molar-refractivity contribution is -0.384. The molecule has 1 aliphatic heterocycles. The smallest absolute Gasteiger partial charge is 0.293 e. The topological polar surface area (TPSA) is 84.3 Å². The number of nitro benzene ring substituents is 1. The van der Waals surface area contributed by atoms with E-state index in [0.717, 1.165) is 12.2 Å². The molecular weight excluding hydrogens is 290 g/mol. The van der Waals surface area contributed by atoms with Gasteiger partial charge in [0.25, 0.3) is 11.6 Å². The Morgan fingerprint density at radius 1 is 1.52 bits per heavy atom. The van der Waals surface area contributed by atoms with Crippen LogP contribution in [-0.4, -0.2) is 34.9 Å². The van der Waals surface area contributed by atoms with Crippen LogP contribution < -0.4 is 10.6 Å². The fourth-order valence-corrected chi connectivity index (χ4v) is 3.55. The number of nitrogens with zero attached hydrogens (tertiary/aromatic N) is 1. The summed E-state index contributed by atoms with van der Waals surface area (Å²) in [7, 11) is 0. The second-order valence-corrected chi connectivity index (χ2v) is 6.24. The normalized spacial score (nSPS) is 17.5. The van der Waals surface area contributed by atoms with Gasteiger partial charge in [-0.1, -0.05) is 6.07 Å².